The Morgan fingerprint density at radius 3 is 2.44 bits per heavy atom. The first kappa shape index (κ1) is 20.2. The maximum absolute atomic E-state index is 13.1. The van der Waals surface area contributed by atoms with Gasteiger partial charge in [-0.15, -0.1) is 0 Å². The second kappa shape index (κ2) is 9.07. The highest BCUT2D eigenvalue weighted by Gasteiger charge is 2.32. The summed E-state index contributed by atoms with van der Waals surface area (Å²) in [7, 11) is 0. The number of ether oxygens (including phenoxy) is 1. The van der Waals surface area contributed by atoms with Gasteiger partial charge in [-0.2, -0.15) is 0 Å². The van der Waals surface area contributed by atoms with Crippen molar-refractivity contribution in [2.45, 2.75) is 19.9 Å². The number of nitrogens with zero attached hydrogens (tertiary/aromatic N) is 1. The fourth-order valence-corrected chi connectivity index (χ4v) is 3.71. The van der Waals surface area contributed by atoms with E-state index in [9.17, 15) is 4.79 Å². The van der Waals surface area contributed by atoms with E-state index >= 15 is 0 Å². The van der Waals surface area contributed by atoms with Gasteiger partial charge in [0.15, 0.2) is 5.78 Å². The lowest BCUT2D eigenvalue weighted by atomic mass is 9.93. The zero-order valence-corrected chi connectivity index (χ0v) is 17.1. The van der Waals surface area contributed by atoms with Crippen molar-refractivity contribution in [3.63, 3.8) is 0 Å². The summed E-state index contributed by atoms with van der Waals surface area (Å²) in [4.78, 5) is 15.3. The number of carbonyl (C=O) groups is 1. The average molecular weight is 407 g/mol. The van der Waals surface area contributed by atoms with E-state index in [4.69, 9.17) is 27.9 Å². The fourth-order valence-electron chi connectivity index (χ4n) is 3.26. The maximum Gasteiger partial charge on any atom is 0.157 e. The highest BCUT2D eigenvalue weighted by molar-refractivity contribution is 6.35. The van der Waals surface area contributed by atoms with Crippen LogP contribution >= 0.6 is 23.2 Å². The predicted molar refractivity (Wildman–Crippen MR) is 110 cm³/mol. The van der Waals surface area contributed by atoms with Crippen molar-refractivity contribution < 1.29 is 9.53 Å². The molecular formula is C21H24Cl2N2O2. The smallest absolute Gasteiger partial charge is 0.157 e. The monoisotopic (exact) mass is 406 g/mol. The molecule has 0 saturated carbocycles. The first-order valence-corrected chi connectivity index (χ1v) is 9.93. The lowest BCUT2D eigenvalue weighted by molar-refractivity contribution is -0.127. The number of rotatable bonds is 6. The molecule has 1 heterocycles. The molecule has 3 rings (SSSR count). The molecule has 1 atom stereocenters. The predicted octanol–water partition coefficient (Wildman–Crippen LogP) is 4.96. The number of halogens is 2. The number of para-hydroxylation sites is 1. The SMILES string of the molecule is CC(C)C(=O)C(c1ccccc1Oc1ccc(Cl)cc1Cl)N1CCNCC1. The largest absolute Gasteiger partial charge is 0.455 e. The van der Waals surface area contributed by atoms with Gasteiger partial charge < -0.3 is 10.1 Å². The summed E-state index contributed by atoms with van der Waals surface area (Å²) in [5.41, 5.74) is 0.865. The molecular weight excluding hydrogens is 383 g/mol. The number of hydrogen-bond acceptors (Lipinski definition) is 4. The molecule has 1 aliphatic heterocycles. The van der Waals surface area contributed by atoms with Gasteiger partial charge in [-0.1, -0.05) is 55.2 Å². The summed E-state index contributed by atoms with van der Waals surface area (Å²) >= 11 is 12.3. The topological polar surface area (TPSA) is 41.6 Å². The molecule has 0 amide bonds. The van der Waals surface area contributed by atoms with Gasteiger partial charge in [0.05, 0.1) is 11.1 Å². The van der Waals surface area contributed by atoms with Crippen LogP contribution in [0.4, 0.5) is 0 Å². The molecule has 0 spiro atoms. The number of carbonyl (C=O) groups excluding carboxylic acids is 1. The summed E-state index contributed by atoms with van der Waals surface area (Å²) < 4.78 is 6.11. The summed E-state index contributed by atoms with van der Waals surface area (Å²) in [5.74, 6) is 1.27. The van der Waals surface area contributed by atoms with E-state index in [1.807, 2.05) is 38.1 Å². The van der Waals surface area contributed by atoms with Gasteiger partial charge in [0.1, 0.15) is 11.5 Å². The van der Waals surface area contributed by atoms with Crippen LogP contribution in [0.5, 0.6) is 11.5 Å². The molecule has 1 fully saturated rings. The van der Waals surface area contributed by atoms with E-state index in [-0.39, 0.29) is 17.7 Å². The molecule has 1 unspecified atom stereocenters. The maximum atomic E-state index is 13.1. The minimum atomic E-state index is -0.339. The summed E-state index contributed by atoms with van der Waals surface area (Å²) in [6.45, 7) is 7.26. The Hall–Kier alpha value is -1.59. The molecule has 0 radical (unpaired) electrons. The number of hydrogen-bond donors (Lipinski definition) is 1. The number of nitrogens with one attached hydrogen (secondary N) is 1. The van der Waals surface area contributed by atoms with Crippen LogP contribution < -0.4 is 10.1 Å². The van der Waals surface area contributed by atoms with E-state index in [1.54, 1.807) is 18.2 Å². The summed E-state index contributed by atoms with van der Waals surface area (Å²) in [5, 5.41) is 4.33. The van der Waals surface area contributed by atoms with Gasteiger partial charge in [0.2, 0.25) is 0 Å². The second-order valence-electron chi connectivity index (χ2n) is 6.96. The Kier molecular flexibility index (Phi) is 6.77. The van der Waals surface area contributed by atoms with Crippen LogP contribution in [0.2, 0.25) is 10.0 Å². The number of Topliss-reactive ketones (excluding diaryl/α,β-unsaturated/α-hetero) is 1. The standard InChI is InChI=1S/C21H24Cl2N2O2/c1-14(2)21(26)20(25-11-9-24-10-12-25)16-5-3-4-6-18(16)27-19-8-7-15(22)13-17(19)23/h3-8,13-14,20,24H,9-12H2,1-2H3. The Morgan fingerprint density at radius 2 is 1.78 bits per heavy atom. The molecule has 27 heavy (non-hydrogen) atoms. The minimum Gasteiger partial charge on any atom is -0.455 e. The zero-order chi connectivity index (χ0) is 19.4. The lowest BCUT2D eigenvalue weighted by Gasteiger charge is -2.35. The molecule has 2 aromatic carbocycles. The van der Waals surface area contributed by atoms with Gasteiger partial charge in [-0.25, -0.2) is 0 Å². The van der Waals surface area contributed by atoms with Crippen molar-refractivity contribution in [2.75, 3.05) is 26.2 Å². The Labute approximate surface area is 170 Å². The molecule has 4 nitrogen and oxygen atoms in total. The van der Waals surface area contributed by atoms with Crippen molar-refractivity contribution in [3.8, 4) is 11.5 Å². The van der Waals surface area contributed by atoms with E-state index in [0.717, 1.165) is 31.7 Å². The van der Waals surface area contributed by atoms with Gasteiger partial charge in [-0.05, 0) is 24.3 Å². The molecule has 2 aromatic rings. The minimum absolute atomic E-state index is 0.0722. The van der Waals surface area contributed by atoms with Crippen LogP contribution in [0.1, 0.15) is 25.5 Å². The lowest BCUT2D eigenvalue weighted by Crippen LogP contribution is -2.47. The van der Waals surface area contributed by atoms with Crippen LogP contribution in [0, 0.1) is 5.92 Å². The van der Waals surface area contributed by atoms with E-state index in [2.05, 4.69) is 10.2 Å². The first-order valence-electron chi connectivity index (χ1n) is 9.17. The molecule has 0 aromatic heterocycles. The van der Waals surface area contributed by atoms with Crippen LogP contribution in [0.25, 0.3) is 0 Å². The molecule has 0 bridgehead atoms. The van der Waals surface area contributed by atoms with Gasteiger partial charge in [0.25, 0.3) is 0 Å². The van der Waals surface area contributed by atoms with E-state index in [0.29, 0.717) is 21.5 Å². The molecule has 1 N–H and O–H groups in total. The Bertz CT molecular complexity index is 805. The number of benzene rings is 2. The van der Waals surface area contributed by atoms with Gasteiger partial charge in [-0.3, -0.25) is 9.69 Å². The fraction of sp³-hybridized carbons (Fsp3) is 0.381. The van der Waals surface area contributed by atoms with Gasteiger partial charge in [0, 0.05) is 42.7 Å². The quantitative estimate of drug-likeness (QED) is 0.735. The van der Waals surface area contributed by atoms with Crippen molar-refractivity contribution in [3.05, 3.63) is 58.1 Å². The van der Waals surface area contributed by atoms with Crippen molar-refractivity contribution >= 4 is 29.0 Å². The Morgan fingerprint density at radius 1 is 1.07 bits per heavy atom. The number of ketones is 1. The third-order valence-electron chi connectivity index (χ3n) is 4.68. The molecule has 1 saturated heterocycles. The first-order chi connectivity index (χ1) is 13.0. The van der Waals surface area contributed by atoms with Gasteiger partial charge >= 0.3 is 0 Å². The van der Waals surface area contributed by atoms with Crippen molar-refractivity contribution in [1.82, 2.24) is 10.2 Å². The summed E-state index contributed by atoms with van der Waals surface area (Å²) in [6.07, 6.45) is 0. The second-order valence-corrected chi connectivity index (χ2v) is 7.80. The van der Waals surface area contributed by atoms with Crippen LogP contribution in [0.15, 0.2) is 42.5 Å². The van der Waals surface area contributed by atoms with E-state index < -0.39 is 0 Å². The van der Waals surface area contributed by atoms with Crippen molar-refractivity contribution in [1.29, 1.82) is 0 Å². The normalized spacial score (nSPS) is 16.3. The molecule has 1 aliphatic rings. The van der Waals surface area contributed by atoms with Crippen LogP contribution in [-0.2, 0) is 4.79 Å². The molecule has 0 aliphatic carbocycles. The highest BCUT2D eigenvalue weighted by Crippen LogP contribution is 2.37. The average Bonchev–Trinajstić information content (AvgIpc) is 2.66. The third kappa shape index (κ3) is 4.82. The third-order valence-corrected chi connectivity index (χ3v) is 5.21. The summed E-state index contributed by atoms with van der Waals surface area (Å²) in [6, 6.07) is 12.5. The van der Waals surface area contributed by atoms with Crippen LogP contribution in [-0.4, -0.2) is 36.9 Å². The van der Waals surface area contributed by atoms with Crippen molar-refractivity contribution in [2.24, 2.45) is 5.92 Å². The molecule has 6 heteroatoms. The Balaban J connectivity index is 1.98. The zero-order valence-electron chi connectivity index (χ0n) is 15.5. The van der Waals surface area contributed by atoms with E-state index in [1.165, 1.54) is 0 Å². The van der Waals surface area contributed by atoms with Crippen LogP contribution in [0.3, 0.4) is 0 Å². The molecule has 144 valence electrons. The highest BCUT2D eigenvalue weighted by atomic mass is 35.5. The number of piperazine rings is 1.